The summed E-state index contributed by atoms with van der Waals surface area (Å²) in [7, 11) is 0. The van der Waals surface area contributed by atoms with Crippen molar-refractivity contribution in [2.24, 2.45) is 5.92 Å². The minimum atomic E-state index is -0.385. The van der Waals surface area contributed by atoms with Gasteiger partial charge in [0.05, 0.1) is 11.0 Å². The van der Waals surface area contributed by atoms with E-state index in [1.54, 1.807) is 6.07 Å². The van der Waals surface area contributed by atoms with Gasteiger partial charge in [-0.1, -0.05) is 6.92 Å². The van der Waals surface area contributed by atoms with Crippen molar-refractivity contribution in [2.75, 3.05) is 12.1 Å². The highest BCUT2D eigenvalue weighted by molar-refractivity contribution is 5.69. The van der Waals surface area contributed by atoms with Crippen molar-refractivity contribution in [1.82, 2.24) is 0 Å². The van der Waals surface area contributed by atoms with E-state index in [0.29, 0.717) is 29.1 Å². The number of nitro groups is 1. The van der Waals surface area contributed by atoms with Crippen molar-refractivity contribution in [3.8, 4) is 11.5 Å². The molecule has 1 aromatic rings. The van der Waals surface area contributed by atoms with E-state index in [1.165, 1.54) is 18.9 Å². The smallest absolute Gasteiger partial charge is 0.296 e. The minimum Gasteiger partial charge on any atom is -0.454 e. The maximum absolute atomic E-state index is 11.1. The standard InChI is InChI=1S/C13H16N2O4/c1-2-9(8-3-4-8)14-10-5-12-13(19-7-18-12)6-11(10)15(16)17/h5-6,8-9,14H,2-4,7H2,1H3. The fourth-order valence-electron chi connectivity index (χ4n) is 2.45. The van der Waals surface area contributed by atoms with Crippen LogP contribution in [0.1, 0.15) is 26.2 Å². The molecule has 19 heavy (non-hydrogen) atoms. The van der Waals surface area contributed by atoms with E-state index in [-0.39, 0.29) is 17.4 Å². The summed E-state index contributed by atoms with van der Waals surface area (Å²) >= 11 is 0. The normalized spacial score (nSPS) is 18.2. The number of rotatable bonds is 5. The Hall–Kier alpha value is -1.98. The van der Waals surface area contributed by atoms with Gasteiger partial charge >= 0.3 is 0 Å². The average molecular weight is 264 g/mol. The Bertz CT molecular complexity index is 514. The molecule has 1 aliphatic carbocycles. The first-order valence-corrected chi connectivity index (χ1v) is 6.53. The van der Waals surface area contributed by atoms with Gasteiger partial charge in [0.1, 0.15) is 5.69 Å². The van der Waals surface area contributed by atoms with Gasteiger partial charge in [-0.3, -0.25) is 10.1 Å². The largest absolute Gasteiger partial charge is 0.454 e. The Kier molecular flexibility index (Phi) is 2.93. The van der Waals surface area contributed by atoms with Crippen molar-refractivity contribution in [1.29, 1.82) is 0 Å². The highest BCUT2D eigenvalue weighted by Crippen LogP contribution is 2.42. The van der Waals surface area contributed by atoms with E-state index < -0.39 is 0 Å². The second-order valence-electron chi connectivity index (χ2n) is 4.98. The molecule has 1 saturated carbocycles. The van der Waals surface area contributed by atoms with Gasteiger partial charge in [-0.25, -0.2) is 0 Å². The molecule has 1 fully saturated rings. The van der Waals surface area contributed by atoms with E-state index in [0.717, 1.165) is 6.42 Å². The fourth-order valence-corrected chi connectivity index (χ4v) is 2.45. The first kappa shape index (κ1) is 12.1. The molecule has 0 saturated heterocycles. The maximum atomic E-state index is 11.1. The van der Waals surface area contributed by atoms with Crippen molar-refractivity contribution < 1.29 is 14.4 Å². The minimum absolute atomic E-state index is 0.0448. The van der Waals surface area contributed by atoms with Crippen LogP contribution in [-0.4, -0.2) is 17.8 Å². The number of fused-ring (bicyclic) bond motifs is 1. The van der Waals surface area contributed by atoms with Gasteiger partial charge in [0.15, 0.2) is 11.5 Å². The molecule has 0 amide bonds. The second-order valence-corrected chi connectivity index (χ2v) is 4.98. The van der Waals surface area contributed by atoms with Crippen LogP contribution in [0.2, 0.25) is 0 Å². The third-order valence-corrected chi connectivity index (χ3v) is 3.66. The molecule has 6 nitrogen and oxygen atoms in total. The molecular formula is C13H16N2O4. The van der Waals surface area contributed by atoms with Gasteiger partial charge in [-0.05, 0) is 25.2 Å². The lowest BCUT2D eigenvalue weighted by atomic mass is 10.1. The van der Waals surface area contributed by atoms with Gasteiger partial charge in [0.2, 0.25) is 6.79 Å². The monoisotopic (exact) mass is 264 g/mol. The van der Waals surface area contributed by atoms with E-state index in [9.17, 15) is 10.1 Å². The number of nitrogens with zero attached hydrogens (tertiary/aromatic N) is 1. The topological polar surface area (TPSA) is 73.6 Å². The van der Waals surface area contributed by atoms with Crippen LogP contribution in [0.4, 0.5) is 11.4 Å². The van der Waals surface area contributed by atoms with Crippen LogP contribution < -0.4 is 14.8 Å². The van der Waals surface area contributed by atoms with Gasteiger partial charge < -0.3 is 14.8 Å². The lowest BCUT2D eigenvalue weighted by molar-refractivity contribution is -0.384. The molecule has 0 radical (unpaired) electrons. The number of hydrogen-bond donors (Lipinski definition) is 1. The third kappa shape index (κ3) is 2.30. The van der Waals surface area contributed by atoms with Crippen LogP contribution in [-0.2, 0) is 0 Å². The average Bonchev–Trinajstić information content (AvgIpc) is 3.13. The first-order chi connectivity index (χ1) is 9.19. The Morgan fingerprint density at radius 2 is 2.11 bits per heavy atom. The Morgan fingerprint density at radius 3 is 2.68 bits per heavy atom. The number of nitro benzene ring substituents is 1. The lowest BCUT2D eigenvalue weighted by Crippen LogP contribution is -2.21. The summed E-state index contributed by atoms with van der Waals surface area (Å²) in [6.45, 7) is 2.21. The van der Waals surface area contributed by atoms with Gasteiger partial charge in [-0.15, -0.1) is 0 Å². The summed E-state index contributed by atoms with van der Waals surface area (Å²) in [4.78, 5) is 10.8. The Morgan fingerprint density at radius 1 is 1.42 bits per heavy atom. The predicted octanol–water partition coefficient (Wildman–Crippen LogP) is 2.92. The molecule has 1 N–H and O–H groups in total. The number of hydrogen-bond acceptors (Lipinski definition) is 5. The molecule has 1 aliphatic heterocycles. The van der Waals surface area contributed by atoms with Crippen LogP contribution in [0.5, 0.6) is 11.5 Å². The lowest BCUT2D eigenvalue weighted by Gasteiger charge is -2.17. The zero-order valence-electron chi connectivity index (χ0n) is 10.7. The molecule has 3 rings (SSSR count). The summed E-state index contributed by atoms with van der Waals surface area (Å²) in [5, 5.41) is 14.4. The number of ether oxygens (including phenoxy) is 2. The first-order valence-electron chi connectivity index (χ1n) is 6.53. The predicted molar refractivity (Wildman–Crippen MR) is 69.6 cm³/mol. The number of nitrogens with one attached hydrogen (secondary N) is 1. The summed E-state index contributed by atoms with van der Waals surface area (Å²) in [5.41, 5.74) is 0.566. The zero-order valence-corrected chi connectivity index (χ0v) is 10.7. The van der Waals surface area contributed by atoms with Gasteiger partial charge in [-0.2, -0.15) is 0 Å². The van der Waals surface area contributed by atoms with Crippen molar-refractivity contribution in [3.63, 3.8) is 0 Å². The molecule has 0 bridgehead atoms. The quantitative estimate of drug-likeness (QED) is 0.653. The highest BCUT2D eigenvalue weighted by Gasteiger charge is 2.32. The molecule has 1 atom stereocenters. The summed E-state index contributed by atoms with van der Waals surface area (Å²) in [6, 6.07) is 3.40. The van der Waals surface area contributed by atoms with Crippen molar-refractivity contribution in [2.45, 2.75) is 32.2 Å². The molecule has 0 spiro atoms. The van der Waals surface area contributed by atoms with E-state index in [1.807, 2.05) is 0 Å². The fraction of sp³-hybridized carbons (Fsp3) is 0.538. The third-order valence-electron chi connectivity index (χ3n) is 3.66. The number of benzene rings is 1. The highest BCUT2D eigenvalue weighted by atomic mass is 16.7. The molecular weight excluding hydrogens is 248 g/mol. The second kappa shape index (κ2) is 4.60. The van der Waals surface area contributed by atoms with Crippen LogP contribution in [0.25, 0.3) is 0 Å². The SMILES string of the molecule is CCC(Nc1cc2c(cc1[N+](=O)[O-])OCO2)C1CC1. The number of anilines is 1. The van der Waals surface area contributed by atoms with E-state index in [4.69, 9.17) is 9.47 Å². The molecule has 6 heteroatoms. The molecule has 102 valence electrons. The molecule has 1 aromatic carbocycles. The molecule has 1 heterocycles. The maximum Gasteiger partial charge on any atom is 0.296 e. The van der Waals surface area contributed by atoms with Crippen LogP contribution in [0, 0.1) is 16.0 Å². The molecule has 1 unspecified atom stereocenters. The van der Waals surface area contributed by atoms with E-state index in [2.05, 4.69) is 12.2 Å². The van der Waals surface area contributed by atoms with Crippen LogP contribution >= 0.6 is 0 Å². The Labute approximate surface area is 110 Å². The van der Waals surface area contributed by atoms with Crippen molar-refractivity contribution in [3.05, 3.63) is 22.2 Å². The summed E-state index contributed by atoms with van der Waals surface area (Å²) in [6.07, 6.45) is 3.35. The van der Waals surface area contributed by atoms with Gasteiger partial charge in [0.25, 0.3) is 5.69 Å². The van der Waals surface area contributed by atoms with Crippen molar-refractivity contribution >= 4 is 11.4 Å². The van der Waals surface area contributed by atoms with Crippen LogP contribution in [0.15, 0.2) is 12.1 Å². The van der Waals surface area contributed by atoms with Crippen LogP contribution in [0.3, 0.4) is 0 Å². The van der Waals surface area contributed by atoms with E-state index >= 15 is 0 Å². The zero-order chi connectivity index (χ0) is 13.4. The summed E-state index contributed by atoms with van der Waals surface area (Å²) in [5.74, 6) is 1.64. The van der Waals surface area contributed by atoms with Gasteiger partial charge in [0, 0.05) is 12.1 Å². The molecule has 2 aliphatic rings. The summed E-state index contributed by atoms with van der Waals surface area (Å²) < 4.78 is 10.5. The molecule has 0 aromatic heterocycles. The Balaban J connectivity index is 1.91.